The van der Waals surface area contributed by atoms with E-state index in [1.165, 1.54) is 31.2 Å². The van der Waals surface area contributed by atoms with Gasteiger partial charge in [-0.05, 0) is 52.1 Å². The minimum atomic E-state index is 0.0847. The van der Waals surface area contributed by atoms with Crippen molar-refractivity contribution in [2.24, 2.45) is 11.8 Å². The molecular formula is C16H31N5. The van der Waals surface area contributed by atoms with E-state index in [0.717, 1.165) is 18.9 Å². The van der Waals surface area contributed by atoms with E-state index in [-0.39, 0.29) is 11.6 Å². The molecule has 0 aliphatic heterocycles. The van der Waals surface area contributed by atoms with Crippen molar-refractivity contribution in [2.75, 3.05) is 14.1 Å². The van der Waals surface area contributed by atoms with Crippen LogP contribution >= 0.6 is 0 Å². The third-order valence-corrected chi connectivity index (χ3v) is 5.17. The predicted octanol–water partition coefficient (Wildman–Crippen LogP) is 2.31. The standard InChI is InChI=1S/C16H31N5/c1-5-10-21-12-14(11-18-21)15(19-17)16(20(3)4)8-6-13(2)7-9-16/h11-13,15,19H,5-10,17H2,1-4H3. The average Bonchev–Trinajstić information content (AvgIpc) is 2.90. The van der Waals surface area contributed by atoms with Gasteiger partial charge in [0.05, 0.1) is 12.2 Å². The normalized spacial score (nSPS) is 28.0. The molecule has 1 atom stereocenters. The summed E-state index contributed by atoms with van der Waals surface area (Å²) in [5.41, 5.74) is 4.37. The van der Waals surface area contributed by atoms with Crippen molar-refractivity contribution >= 4 is 0 Å². The van der Waals surface area contributed by atoms with Gasteiger partial charge in [0, 0.05) is 23.8 Å². The fourth-order valence-electron chi connectivity index (χ4n) is 3.70. The Morgan fingerprint density at radius 2 is 2.14 bits per heavy atom. The number of aryl methyl sites for hydroxylation is 1. The van der Waals surface area contributed by atoms with E-state index < -0.39 is 0 Å². The highest BCUT2D eigenvalue weighted by Crippen LogP contribution is 2.43. The summed E-state index contributed by atoms with van der Waals surface area (Å²) in [7, 11) is 4.35. The van der Waals surface area contributed by atoms with E-state index in [2.05, 4.69) is 49.6 Å². The van der Waals surface area contributed by atoms with Gasteiger partial charge in [-0.2, -0.15) is 5.10 Å². The van der Waals surface area contributed by atoms with E-state index in [9.17, 15) is 0 Å². The topological polar surface area (TPSA) is 59.1 Å². The molecule has 0 amide bonds. The minimum absolute atomic E-state index is 0.0847. The average molecular weight is 293 g/mol. The van der Waals surface area contributed by atoms with Crippen LogP contribution < -0.4 is 11.3 Å². The number of aromatic nitrogens is 2. The maximum Gasteiger partial charge on any atom is 0.0674 e. The minimum Gasteiger partial charge on any atom is -0.302 e. The van der Waals surface area contributed by atoms with Gasteiger partial charge in [0.1, 0.15) is 0 Å². The molecule has 0 spiro atoms. The van der Waals surface area contributed by atoms with Crippen molar-refractivity contribution in [2.45, 2.75) is 64.1 Å². The number of nitrogens with one attached hydrogen (secondary N) is 1. The number of nitrogens with zero attached hydrogens (tertiary/aromatic N) is 3. The van der Waals surface area contributed by atoms with Gasteiger partial charge in [0.25, 0.3) is 0 Å². The Hall–Kier alpha value is -0.910. The number of nitrogens with two attached hydrogens (primary N) is 1. The van der Waals surface area contributed by atoms with Crippen molar-refractivity contribution < 1.29 is 0 Å². The molecule has 0 aromatic carbocycles. The van der Waals surface area contributed by atoms with Crippen LogP contribution in [0.2, 0.25) is 0 Å². The third kappa shape index (κ3) is 3.30. The molecule has 120 valence electrons. The zero-order valence-electron chi connectivity index (χ0n) is 14.0. The summed E-state index contributed by atoms with van der Waals surface area (Å²) in [5.74, 6) is 6.78. The van der Waals surface area contributed by atoms with E-state index >= 15 is 0 Å². The van der Waals surface area contributed by atoms with Crippen molar-refractivity contribution in [1.29, 1.82) is 0 Å². The van der Waals surface area contributed by atoms with Gasteiger partial charge < -0.3 is 4.90 Å². The summed E-state index contributed by atoms with van der Waals surface area (Å²) in [4.78, 5) is 2.36. The van der Waals surface area contributed by atoms with E-state index in [0.29, 0.717) is 0 Å². The Morgan fingerprint density at radius 1 is 1.48 bits per heavy atom. The van der Waals surface area contributed by atoms with Crippen molar-refractivity contribution in [3.8, 4) is 0 Å². The highest BCUT2D eigenvalue weighted by molar-refractivity contribution is 5.18. The lowest BCUT2D eigenvalue weighted by atomic mass is 9.71. The molecule has 1 aromatic rings. The highest BCUT2D eigenvalue weighted by atomic mass is 15.3. The van der Waals surface area contributed by atoms with Crippen molar-refractivity contribution in [1.82, 2.24) is 20.1 Å². The first kappa shape index (κ1) is 16.5. The van der Waals surface area contributed by atoms with Crippen LogP contribution in [0.4, 0.5) is 0 Å². The molecule has 1 aromatic heterocycles. The highest BCUT2D eigenvalue weighted by Gasteiger charge is 2.43. The summed E-state index contributed by atoms with van der Waals surface area (Å²) >= 11 is 0. The molecule has 2 rings (SSSR count). The molecule has 1 saturated carbocycles. The number of hydrogen-bond donors (Lipinski definition) is 2. The van der Waals surface area contributed by atoms with Crippen molar-refractivity contribution in [3.05, 3.63) is 18.0 Å². The van der Waals surface area contributed by atoms with Gasteiger partial charge in [-0.25, -0.2) is 0 Å². The van der Waals surface area contributed by atoms with E-state index in [1.54, 1.807) is 0 Å². The second kappa shape index (κ2) is 6.90. The van der Waals surface area contributed by atoms with Crippen LogP contribution in [0.25, 0.3) is 0 Å². The lowest BCUT2D eigenvalue weighted by molar-refractivity contribution is 0.0428. The monoisotopic (exact) mass is 293 g/mol. The lowest BCUT2D eigenvalue weighted by Crippen LogP contribution is -2.56. The zero-order valence-corrected chi connectivity index (χ0v) is 14.0. The SMILES string of the molecule is CCCn1cc(C(NN)C2(N(C)C)CCC(C)CC2)cn1. The smallest absolute Gasteiger partial charge is 0.0674 e. The number of hydrazine groups is 1. The summed E-state index contributed by atoms with van der Waals surface area (Å²) in [6.07, 6.45) is 10.1. The van der Waals surface area contributed by atoms with E-state index in [4.69, 9.17) is 5.84 Å². The fraction of sp³-hybridized carbons (Fsp3) is 0.812. The first-order chi connectivity index (χ1) is 10.0. The molecule has 21 heavy (non-hydrogen) atoms. The van der Waals surface area contributed by atoms with Crippen LogP contribution in [0, 0.1) is 5.92 Å². The Labute approximate surface area is 128 Å². The Kier molecular flexibility index (Phi) is 5.41. The van der Waals surface area contributed by atoms with Crippen LogP contribution in [0.15, 0.2) is 12.4 Å². The summed E-state index contributed by atoms with van der Waals surface area (Å²) in [6.45, 7) is 5.48. The van der Waals surface area contributed by atoms with Crippen LogP contribution in [-0.2, 0) is 6.54 Å². The molecule has 1 aliphatic rings. The van der Waals surface area contributed by atoms with Gasteiger partial charge in [-0.3, -0.25) is 16.0 Å². The fourth-order valence-corrected chi connectivity index (χ4v) is 3.70. The first-order valence-corrected chi connectivity index (χ1v) is 8.19. The Bertz CT molecular complexity index is 432. The van der Waals surface area contributed by atoms with Gasteiger partial charge in [-0.1, -0.05) is 13.8 Å². The molecule has 0 bridgehead atoms. The van der Waals surface area contributed by atoms with Crippen LogP contribution in [0.1, 0.15) is 57.6 Å². The molecule has 5 heteroatoms. The number of rotatable bonds is 6. The molecule has 1 fully saturated rings. The predicted molar refractivity (Wildman–Crippen MR) is 86.6 cm³/mol. The summed E-state index contributed by atoms with van der Waals surface area (Å²) in [5, 5.41) is 4.48. The van der Waals surface area contributed by atoms with E-state index in [1.807, 2.05) is 10.9 Å². The maximum atomic E-state index is 5.96. The molecule has 1 unspecified atom stereocenters. The molecule has 3 N–H and O–H groups in total. The largest absolute Gasteiger partial charge is 0.302 e. The molecule has 0 saturated heterocycles. The van der Waals surface area contributed by atoms with Crippen molar-refractivity contribution in [3.63, 3.8) is 0 Å². The zero-order chi connectivity index (χ0) is 15.5. The summed E-state index contributed by atoms with van der Waals surface area (Å²) in [6, 6.07) is 0.130. The molecular weight excluding hydrogens is 262 g/mol. The second-order valence-electron chi connectivity index (χ2n) is 6.82. The van der Waals surface area contributed by atoms with Gasteiger partial charge in [0.2, 0.25) is 0 Å². The number of hydrogen-bond acceptors (Lipinski definition) is 4. The lowest BCUT2D eigenvalue weighted by Gasteiger charge is -2.49. The van der Waals surface area contributed by atoms with Gasteiger partial charge in [-0.15, -0.1) is 0 Å². The van der Waals surface area contributed by atoms with Gasteiger partial charge >= 0.3 is 0 Å². The quantitative estimate of drug-likeness (QED) is 0.624. The molecule has 1 aliphatic carbocycles. The Balaban J connectivity index is 2.27. The van der Waals surface area contributed by atoms with Crippen LogP contribution in [0.3, 0.4) is 0 Å². The second-order valence-corrected chi connectivity index (χ2v) is 6.82. The molecule has 0 radical (unpaired) electrons. The third-order valence-electron chi connectivity index (χ3n) is 5.17. The van der Waals surface area contributed by atoms with Crippen LogP contribution in [0.5, 0.6) is 0 Å². The maximum absolute atomic E-state index is 5.96. The molecule has 1 heterocycles. The number of likely N-dealkylation sites (N-methyl/N-ethyl adjacent to an activating group) is 1. The Morgan fingerprint density at radius 3 is 2.67 bits per heavy atom. The van der Waals surface area contributed by atoms with Crippen LogP contribution in [-0.4, -0.2) is 34.3 Å². The van der Waals surface area contributed by atoms with Gasteiger partial charge in [0.15, 0.2) is 0 Å². The summed E-state index contributed by atoms with van der Waals surface area (Å²) < 4.78 is 2.02. The molecule has 5 nitrogen and oxygen atoms in total. The first-order valence-electron chi connectivity index (χ1n) is 8.19.